The van der Waals surface area contributed by atoms with Gasteiger partial charge >= 0.3 is 0 Å². The second-order valence-corrected chi connectivity index (χ2v) is 7.00. The van der Waals surface area contributed by atoms with Gasteiger partial charge < -0.3 is 10.1 Å². The average Bonchev–Trinajstić information content (AvgIpc) is 2.73. The highest BCUT2D eigenvalue weighted by molar-refractivity contribution is 5.28. The highest BCUT2D eigenvalue weighted by Crippen LogP contribution is 2.62. The first-order valence-electron chi connectivity index (χ1n) is 7.18. The number of benzene rings is 1. The Morgan fingerprint density at radius 2 is 1.63 bits per heavy atom. The van der Waals surface area contributed by atoms with Crippen molar-refractivity contribution < 1.29 is 4.74 Å². The third kappa shape index (κ3) is 2.64. The second-order valence-electron chi connectivity index (χ2n) is 7.00. The summed E-state index contributed by atoms with van der Waals surface area (Å²) < 4.78 is 5.19. The summed E-state index contributed by atoms with van der Waals surface area (Å²) in [6.45, 7) is 11.7. The van der Waals surface area contributed by atoms with Crippen molar-refractivity contribution in [2.75, 3.05) is 7.11 Å². The van der Waals surface area contributed by atoms with Gasteiger partial charge in [0.2, 0.25) is 0 Å². The summed E-state index contributed by atoms with van der Waals surface area (Å²) in [5.41, 5.74) is 2.17. The molecule has 0 spiro atoms. The Bertz CT molecular complexity index is 419. The van der Waals surface area contributed by atoms with Gasteiger partial charge in [-0.15, -0.1) is 0 Å². The molecule has 0 radical (unpaired) electrons. The smallest absolute Gasteiger partial charge is 0.118 e. The number of nitrogens with one attached hydrogen (secondary N) is 1. The lowest BCUT2D eigenvalue weighted by molar-refractivity contribution is 0.414. The number of rotatable bonds is 5. The molecule has 0 heterocycles. The molecule has 0 amide bonds. The number of hydrogen-bond acceptors (Lipinski definition) is 2. The zero-order valence-corrected chi connectivity index (χ0v) is 13.1. The van der Waals surface area contributed by atoms with E-state index in [4.69, 9.17) is 4.74 Å². The molecule has 2 nitrogen and oxygen atoms in total. The fraction of sp³-hybridized carbons (Fsp3) is 0.647. The van der Waals surface area contributed by atoms with Crippen molar-refractivity contribution in [2.24, 2.45) is 10.8 Å². The lowest BCUT2D eigenvalue weighted by Crippen LogP contribution is -2.33. The van der Waals surface area contributed by atoms with E-state index in [0.29, 0.717) is 22.9 Å². The zero-order chi connectivity index (χ0) is 14.3. The van der Waals surface area contributed by atoms with E-state index in [1.165, 1.54) is 5.56 Å². The van der Waals surface area contributed by atoms with Crippen LogP contribution in [0, 0.1) is 10.8 Å². The van der Waals surface area contributed by atoms with Crippen molar-refractivity contribution in [3.8, 4) is 5.75 Å². The van der Waals surface area contributed by atoms with Gasteiger partial charge in [-0.05, 0) is 41.9 Å². The molecule has 1 N–H and O–H groups in total. The molecule has 19 heavy (non-hydrogen) atoms. The number of methoxy groups -OCH3 is 1. The molecule has 1 aromatic carbocycles. The Hall–Kier alpha value is -1.02. The number of hydrogen-bond donors (Lipinski definition) is 1. The van der Waals surface area contributed by atoms with E-state index in [1.54, 1.807) is 7.11 Å². The van der Waals surface area contributed by atoms with Crippen LogP contribution in [0.4, 0.5) is 0 Å². The van der Waals surface area contributed by atoms with Crippen molar-refractivity contribution >= 4 is 0 Å². The maximum Gasteiger partial charge on any atom is 0.118 e. The molecule has 1 atom stereocenters. The normalized spacial score (nSPS) is 22.0. The third-order valence-electron chi connectivity index (χ3n) is 5.17. The minimum atomic E-state index is 0.404. The van der Waals surface area contributed by atoms with Crippen LogP contribution in [0.2, 0.25) is 0 Å². The summed E-state index contributed by atoms with van der Waals surface area (Å²) in [7, 11) is 1.70. The predicted molar refractivity (Wildman–Crippen MR) is 80.6 cm³/mol. The minimum Gasteiger partial charge on any atom is -0.497 e. The summed E-state index contributed by atoms with van der Waals surface area (Å²) in [5.74, 6) is 0.925. The Kier molecular flexibility index (Phi) is 3.65. The summed E-state index contributed by atoms with van der Waals surface area (Å²) in [4.78, 5) is 0. The first-order chi connectivity index (χ1) is 8.79. The molecule has 1 unspecified atom stereocenters. The molecule has 0 saturated heterocycles. The fourth-order valence-electron chi connectivity index (χ4n) is 3.07. The van der Waals surface area contributed by atoms with Crippen LogP contribution in [0.5, 0.6) is 5.75 Å². The Labute approximate surface area is 117 Å². The van der Waals surface area contributed by atoms with E-state index in [2.05, 4.69) is 52.1 Å². The van der Waals surface area contributed by atoms with Crippen LogP contribution in [0.1, 0.15) is 40.2 Å². The van der Waals surface area contributed by atoms with Gasteiger partial charge in [0.1, 0.15) is 5.75 Å². The zero-order valence-electron chi connectivity index (χ0n) is 13.1. The predicted octanol–water partition coefficient (Wildman–Crippen LogP) is 3.65. The quantitative estimate of drug-likeness (QED) is 0.873. The van der Waals surface area contributed by atoms with E-state index in [0.717, 1.165) is 12.2 Å². The molecule has 1 aliphatic rings. The highest BCUT2D eigenvalue weighted by atomic mass is 16.5. The molecule has 1 aliphatic carbocycles. The molecule has 0 aromatic heterocycles. The van der Waals surface area contributed by atoms with Gasteiger partial charge in [-0.1, -0.05) is 39.8 Å². The third-order valence-corrected chi connectivity index (χ3v) is 5.17. The number of ether oxygens (including phenoxy) is 1. The van der Waals surface area contributed by atoms with Gasteiger partial charge in [0.25, 0.3) is 0 Å². The second kappa shape index (κ2) is 4.82. The maximum absolute atomic E-state index is 5.19. The SMILES string of the molecule is COc1ccc(CC(C)NC2C(C)(C)C2(C)C)cc1. The van der Waals surface area contributed by atoms with Crippen LogP contribution in [0.15, 0.2) is 24.3 Å². The molecule has 1 aromatic rings. The molecule has 0 bridgehead atoms. The molecule has 1 saturated carbocycles. The van der Waals surface area contributed by atoms with Gasteiger partial charge in [0.15, 0.2) is 0 Å². The van der Waals surface area contributed by atoms with Gasteiger partial charge in [-0.2, -0.15) is 0 Å². The molecule has 1 fully saturated rings. The minimum absolute atomic E-state index is 0.404. The van der Waals surface area contributed by atoms with Crippen LogP contribution < -0.4 is 10.1 Å². The molecular weight excluding hydrogens is 234 g/mol. The van der Waals surface area contributed by atoms with E-state index >= 15 is 0 Å². The van der Waals surface area contributed by atoms with Crippen molar-refractivity contribution in [2.45, 2.75) is 53.1 Å². The van der Waals surface area contributed by atoms with Gasteiger partial charge in [-0.3, -0.25) is 0 Å². The van der Waals surface area contributed by atoms with Crippen LogP contribution >= 0.6 is 0 Å². The van der Waals surface area contributed by atoms with E-state index < -0.39 is 0 Å². The fourth-order valence-corrected chi connectivity index (χ4v) is 3.07. The van der Waals surface area contributed by atoms with Crippen molar-refractivity contribution in [3.63, 3.8) is 0 Å². The van der Waals surface area contributed by atoms with E-state index in [9.17, 15) is 0 Å². The lowest BCUT2D eigenvalue weighted by atomic mass is 10.0. The topological polar surface area (TPSA) is 21.3 Å². The van der Waals surface area contributed by atoms with Crippen molar-refractivity contribution in [3.05, 3.63) is 29.8 Å². The summed E-state index contributed by atoms with van der Waals surface area (Å²) in [5, 5.41) is 3.78. The molecule has 2 rings (SSSR count). The Balaban J connectivity index is 1.90. The lowest BCUT2D eigenvalue weighted by Gasteiger charge is -2.16. The highest BCUT2D eigenvalue weighted by Gasteiger charge is 2.64. The van der Waals surface area contributed by atoms with E-state index in [1.807, 2.05) is 12.1 Å². The molecule has 106 valence electrons. The van der Waals surface area contributed by atoms with E-state index in [-0.39, 0.29) is 0 Å². The molecule has 2 heteroatoms. The van der Waals surface area contributed by atoms with Crippen LogP contribution in [-0.4, -0.2) is 19.2 Å². The summed E-state index contributed by atoms with van der Waals surface area (Å²) >= 11 is 0. The van der Waals surface area contributed by atoms with Gasteiger partial charge in [0, 0.05) is 12.1 Å². The summed E-state index contributed by atoms with van der Waals surface area (Å²) in [6, 6.07) is 9.49. The Morgan fingerprint density at radius 1 is 1.11 bits per heavy atom. The monoisotopic (exact) mass is 261 g/mol. The standard InChI is InChI=1S/C17H27NO/c1-12(18-15-16(2,3)17(15,4)5)11-13-7-9-14(19-6)10-8-13/h7-10,12,15,18H,11H2,1-6H3. The van der Waals surface area contributed by atoms with Crippen molar-refractivity contribution in [1.82, 2.24) is 5.32 Å². The largest absolute Gasteiger partial charge is 0.497 e. The van der Waals surface area contributed by atoms with Crippen LogP contribution in [-0.2, 0) is 6.42 Å². The first kappa shape index (κ1) is 14.4. The molecular formula is C17H27NO. The maximum atomic E-state index is 5.19. The van der Waals surface area contributed by atoms with Crippen LogP contribution in [0.3, 0.4) is 0 Å². The Morgan fingerprint density at radius 3 is 2.05 bits per heavy atom. The van der Waals surface area contributed by atoms with Gasteiger partial charge in [0.05, 0.1) is 7.11 Å². The van der Waals surface area contributed by atoms with Crippen LogP contribution in [0.25, 0.3) is 0 Å². The average molecular weight is 261 g/mol. The van der Waals surface area contributed by atoms with Gasteiger partial charge in [-0.25, -0.2) is 0 Å². The molecule has 0 aliphatic heterocycles. The summed E-state index contributed by atoms with van der Waals surface area (Å²) in [6.07, 6.45) is 1.06. The first-order valence-corrected chi connectivity index (χ1v) is 7.18. The van der Waals surface area contributed by atoms with Crippen molar-refractivity contribution in [1.29, 1.82) is 0 Å².